The molecule has 0 N–H and O–H groups in total. The summed E-state index contributed by atoms with van der Waals surface area (Å²) in [6.07, 6.45) is 6.21. The molecule has 4 rings (SSSR count). The molecule has 0 bridgehead atoms. The Morgan fingerprint density at radius 1 is 1.19 bits per heavy atom. The van der Waals surface area contributed by atoms with Gasteiger partial charge in [0.1, 0.15) is 0 Å². The fourth-order valence-corrected chi connectivity index (χ4v) is 3.24. The number of nitrogens with zero attached hydrogens (tertiary/aromatic N) is 2. The highest BCUT2D eigenvalue weighted by atomic mass is 16.7. The summed E-state index contributed by atoms with van der Waals surface area (Å²) in [5.74, 6) is 1.73. The monoisotopic (exact) mass is 282 g/mol. The Hall–Kier alpha value is -2.07. The molecule has 2 aliphatic rings. The minimum Gasteiger partial charge on any atom is -0.454 e. The van der Waals surface area contributed by atoms with Crippen LogP contribution in [0.3, 0.4) is 0 Å². The van der Waals surface area contributed by atoms with Crippen molar-refractivity contribution in [1.29, 1.82) is 0 Å². The quantitative estimate of drug-likeness (QED) is 0.866. The van der Waals surface area contributed by atoms with Gasteiger partial charge in [-0.1, -0.05) is 12.1 Å². The van der Waals surface area contributed by atoms with Gasteiger partial charge in [-0.05, 0) is 48.7 Å². The van der Waals surface area contributed by atoms with Crippen LogP contribution in [0.25, 0.3) is 0 Å². The first kappa shape index (κ1) is 12.7. The SMILES string of the molecule is c1cncc(CN2CCC[C@@H]2c2ccc3c(c2)OCO3)c1. The van der Waals surface area contributed by atoms with E-state index in [0.717, 1.165) is 24.6 Å². The van der Waals surface area contributed by atoms with Crippen molar-refractivity contribution in [2.75, 3.05) is 13.3 Å². The van der Waals surface area contributed by atoms with Gasteiger partial charge >= 0.3 is 0 Å². The third-order valence-electron chi connectivity index (χ3n) is 4.25. The highest BCUT2D eigenvalue weighted by molar-refractivity contribution is 5.45. The third-order valence-corrected chi connectivity index (χ3v) is 4.25. The fourth-order valence-electron chi connectivity index (χ4n) is 3.24. The Morgan fingerprint density at radius 2 is 2.14 bits per heavy atom. The maximum atomic E-state index is 5.50. The minimum atomic E-state index is 0.336. The van der Waals surface area contributed by atoms with E-state index in [0.29, 0.717) is 12.8 Å². The first-order valence-electron chi connectivity index (χ1n) is 7.43. The lowest BCUT2D eigenvalue weighted by atomic mass is 10.0. The zero-order valence-corrected chi connectivity index (χ0v) is 11.9. The molecule has 0 spiro atoms. The summed E-state index contributed by atoms with van der Waals surface area (Å²) >= 11 is 0. The van der Waals surface area contributed by atoms with Gasteiger partial charge in [0.25, 0.3) is 0 Å². The van der Waals surface area contributed by atoms with Gasteiger partial charge in [0.2, 0.25) is 6.79 Å². The Kier molecular flexibility index (Phi) is 3.24. The Morgan fingerprint density at radius 3 is 3.05 bits per heavy atom. The molecular weight excluding hydrogens is 264 g/mol. The molecule has 0 radical (unpaired) electrons. The molecule has 1 atom stereocenters. The lowest BCUT2D eigenvalue weighted by Crippen LogP contribution is -2.22. The van der Waals surface area contributed by atoms with Gasteiger partial charge in [-0.25, -0.2) is 0 Å². The molecular formula is C17H18N2O2. The highest BCUT2D eigenvalue weighted by Crippen LogP contribution is 2.39. The summed E-state index contributed by atoms with van der Waals surface area (Å²) < 4.78 is 10.9. The number of rotatable bonds is 3. The van der Waals surface area contributed by atoms with Crippen molar-refractivity contribution in [2.45, 2.75) is 25.4 Å². The topological polar surface area (TPSA) is 34.6 Å². The number of likely N-dealkylation sites (tertiary alicyclic amines) is 1. The van der Waals surface area contributed by atoms with Crippen molar-refractivity contribution in [3.63, 3.8) is 0 Å². The first-order chi connectivity index (χ1) is 10.4. The van der Waals surface area contributed by atoms with E-state index in [1.54, 1.807) is 0 Å². The van der Waals surface area contributed by atoms with E-state index in [2.05, 4.69) is 28.1 Å². The summed E-state index contributed by atoms with van der Waals surface area (Å²) in [6, 6.07) is 10.9. The molecule has 4 nitrogen and oxygen atoms in total. The van der Waals surface area contributed by atoms with Gasteiger partial charge in [-0.2, -0.15) is 0 Å². The predicted octanol–water partition coefficient (Wildman–Crippen LogP) is 3.15. The molecule has 1 aromatic carbocycles. The van der Waals surface area contributed by atoms with Gasteiger partial charge in [0.05, 0.1) is 0 Å². The van der Waals surface area contributed by atoms with Crippen molar-refractivity contribution < 1.29 is 9.47 Å². The normalized spacial score (nSPS) is 20.9. The molecule has 3 heterocycles. The molecule has 0 saturated carbocycles. The highest BCUT2D eigenvalue weighted by Gasteiger charge is 2.27. The summed E-state index contributed by atoms with van der Waals surface area (Å²) in [5.41, 5.74) is 2.59. The van der Waals surface area contributed by atoms with E-state index < -0.39 is 0 Å². The van der Waals surface area contributed by atoms with Crippen molar-refractivity contribution in [1.82, 2.24) is 9.88 Å². The molecule has 0 unspecified atom stereocenters. The van der Waals surface area contributed by atoms with Crippen LogP contribution in [0, 0.1) is 0 Å². The smallest absolute Gasteiger partial charge is 0.231 e. The number of benzene rings is 1. The molecule has 1 saturated heterocycles. The van der Waals surface area contributed by atoms with Crippen LogP contribution >= 0.6 is 0 Å². The summed E-state index contributed by atoms with van der Waals surface area (Å²) in [6.45, 7) is 2.42. The number of aromatic nitrogens is 1. The van der Waals surface area contributed by atoms with E-state index in [9.17, 15) is 0 Å². The zero-order valence-electron chi connectivity index (χ0n) is 11.9. The average molecular weight is 282 g/mol. The number of fused-ring (bicyclic) bond motifs is 1. The van der Waals surface area contributed by atoms with Gasteiger partial charge in [-0.3, -0.25) is 9.88 Å². The Balaban J connectivity index is 1.56. The van der Waals surface area contributed by atoms with Crippen LogP contribution in [0.1, 0.15) is 30.0 Å². The van der Waals surface area contributed by atoms with Crippen molar-refractivity contribution >= 4 is 0 Å². The van der Waals surface area contributed by atoms with Crippen LogP contribution in [0.2, 0.25) is 0 Å². The molecule has 1 fully saturated rings. The van der Waals surface area contributed by atoms with Crippen LogP contribution < -0.4 is 9.47 Å². The predicted molar refractivity (Wildman–Crippen MR) is 79.2 cm³/mol. The summed E-state index contributed by atoms with van der Waals surface area (Å²) in [7, 11) is 0. The van der Waals surface area contributed by atoms with Gasteiger partial charge < -0.3 is 9.47 Å². The molecule has 4 heteroatoms. The maximum absolute atomic E-state index is 5.50. The largest absolute Gasteiger partial charge is 0.454 e. The van der Waals surface area contributed by atoms with Crippen molar-refractivity contribution in [2.24, 2.45) is 0 Å². The fraction of sp³-hybridized carbons (Fsp3) is 0.353. The van der Waals surface area contributed by atoms with Gasteiger partial charge in [0, 0.05) is 25.0 Å². The van der Waals surface area contributed by atoms with Crippen molar-refractivity contribution in [3.05, 3.63) is 53.9 Å². The molecule has 0 amide bonds. The van der Waals surface area contributed by atoms with Crippen LogP contribution in [0.5, 0.6) is 11.5 Å². The number of pyridine rings is 1. The van der Waals surface area contributed by atoms with E-state index in [1.807, 2.05) is 24.5 Å². The third kappa shape index (κ3) is 2.47. The number of hydrogen-bond acceptors (Lipinski definition) is 4. The molecule has 108 valence electrons. The Labute approximate surface area is 124 Å². The molecule has 1 aromatic heterocycles. The maximum Gasteiger partial charge on any atom is 0.231 e. The van der Waals surface area contributed by atoms with Crippen LogP contribution in [0.4, 0.5) is 0 Å². The summed E-state index contributed by atoms with van der Waals surface area (Å²) in [5, 5.41) is 0. The van der Waals surface area contributed by atoms with Crippen LogP contribution in [-0.2, 0) is 6.54 Å². The second-order valence-corrected chi connectivity index (χ2v) is 5.60. The van der Waals surface area contributed by atoms with Crippen molar-refractivity contribution in [3.8, 4) is 11.5 Å². The second kappa shape index (κ2) is 5.37. The Bertz CT molecular complexity index is 630. The lowest BCUT2D eigenvalue weighted by molar-refractivity contribution is 0.174. The van der Waals surface area contributed by atoms with Gasteiger partial charge in [-0.15, -0.1) is 0 Å². The average Bonchev–Trinajstić information content (AvgIpc) is 3.16. The van der Waals surface area contributed by atoms with E-state index in [-0.39, 0.29) is 0 Å². The van der Waals surface area contributed by atoms with E-state index in [1.165, 1.54) is 24.0 Å². The number of hydrogen-bond donors (Lipinski definition) is 0. The number of ether oxygens (including phenoxy) is 2. The zero-order chi connectivity index (χ0) is 14.1. The molecule has 2 aromatic rings. The van der Waals surface area contributed by atoms with E-state index in [4.69, 9.17) is 9.47 Å². The summed E-state index contributed by atoms with van der Waals surface area (Å²) in [4.78, 5) is 6.73. The van der Waals surface area contributed by atoms with Crippen LogP contribution in [-0.4, -0.2) is 23.2 Å². The molecule has 21 heavy (non-hydrogen) atoms. The first-order valence-corrected chi connectivity index (χ1v) is 7.43. The van der Waals surface area contributed by atoms with E-state index >= 15 is 0 Å². The molecule has 0 aliphatic carbocycles. The minimum absolute atomic E-state index is 0.336. The van der Waals surface area contributed by atoms with Crippen LogP contribution in [0.15, 0.2) is 42.7 Å². The molecule has 2 aliphatic heterocycles. The standard InChI is InChI=1S/C17H18N2O2/c1-3-13(10-18-7-1)11-19-8-2-4-15(19)14-5-6-16-17(9-14)21-12-20-16/h1,3,5-7,9-10,15H,2,4,8,11-12H2/t15-/m1/s1. The second-order valence-electron chi connectivity index (χ2n) is 5.60. The van der Waals surface area contributed by atoms with Gasteiger partial charge in [0.15, 0.2) is 11.5 Å². The lowest BCUT2D eigenvalue weighted by Gasteiger charge is -2.25.